The number of anilines is 1. The summed E-state index contributed by atoms with van der Waals surface area (Å²) in [6.07, 6.45) is 0.954. The fourth-order valence-electron chi connectivity index (χ4n) is 2.12. The number of hydrogen-bond donors (Lipinski definition) is 1. The standard InChI is InChI=1S/C15H25N3O/c1-4-10-18(15(19)17(5-2)6-3)12-13-8-7-9-14(16)11-13/h7-9,11H,4-6,10,12,16H2,1-3H3. The highest BCUT2D eigenvalue weighted by molar-refractivity contribution is 5.74. The zero-order chi connectivity index (χ0) is 14.3. The summed E-state index contributed by atoms with van der Waals surface area (Å²) in [6.45, 7) is 8.97. The lowest BCUT2D eigenvalue weighted by Gasteiger charge is -2.29. The second kappa shape index (κ2) is 7.67. The summed E-state index contributed by atoms with van der Waals surface area (Å²) in [5, 5.41) is 0. The summed E-state index contributed by atoms with van der Waals surface area (Å²) in [7, 11) is 0. The Hall–Kier alpha value is -1.71. The van der Waals surface area contributed by atoms with Crippen LogP contribution >= 0.6 is 0 Å². The van der Waals surface area contributed by atoms with E-state index in [9.17, 15) is 4.79 Å². The normalized spacial score (nSPS) is 10.3. The van der Waals surface area contributed by atoms with Crippen molar-refractivity contribution in [1.82, 2.24) is 9.80 Å². The predicted molar refractivity (Wildman–Crippen MR) is 79.9 cm³/mol. The Morgan fingerprint density at radius 3 is 2.37 bits per heavy atom. The fourth-order valence-corrected chi connectivity index (χ4v) is 2.12. The summed E-state index contributed by atoms with van der Waals surface area (Å²) < 4.78 is 0. The molecule has 0 heterocycles. The molecule has 4 nitrogen and oxygen atoms in total. The maximum Gasteiger partial charge on any atom is 0.320 e. The van der Waals surface area contributed by atoms with Gasteiger partial charge in [0.25, 0.3) is 0 Å². The first-order valence-corrected chi connectivity index (χ1v) is 7.00. The Morgan fingerprint density at radius 2 is 1.84 bits per heavy atom. The van der Waals surface area contributed by atoms with Gasteiger partial charge in [0.2, 0.25) is 0 Å². The molecule has 0 spiro atoms. The van der Waals surface area contributed by atoms with Gasteiger partial charge in [-0.15, -0.1) is 0 Å². The molecule has 0 aliphatic rings. The van der Waals surface area contributed by atoms with Crippen LogP contribution in [0.4, 0.5) is 10.5 Å². The SMILES string of the molecule is CCCN(Cc1cccc(N)c1)C(=O)N(CC)CC. The summed E-state index contributed by atoms with van der Waals surface area (Å²) in [5.74, 6) is 0. The lowest BCUT2D eigenvalue weighted by atomic mass is 10.2. The van der Waals surface area contributed by atoms with Crippen molar-refractivity contribution >= 4 is 11.7 Å². The number of nitrogen functional groups attached to an aromatic ring is 1. The minimum Gasteiger partial charge on any atom is -0.399 e. The number of carbonyl (C=O) groups excluding carboxylic acids is 1. The lowest BCUT2D eigenvalue weighted by Crippen LogP contribution is -2.43. The largest absolute Gasteiger partial charge is 0.399 e. The van der Waals surface area contributed by atoms with Crippen LogP contribution in [0.2, 0.25) is 0 Å². The van der Waals surface area contributed by atoms with Gasteiger partial charge in [-0.2, -0.15) is 0 Å². The number of benzene rings is 1. The molecule has 1 aromatic rings. The second-order valence-electron chi connectivity index (χ2n) is 4.62. The lowest BCUT2D eigenvalue weighted by molar-refractivity contribution is 0.154. The van der Waals surface area contributed by atoms with Gasteiger partial charge in [0, 0.05) is 31.9 Å². The Morgan fingerprint density at radius 1 is 1.16 bits per heavy atom. The smallest absolute Gasteiger partial charge is 0.320 e. The zero-order valence-electron chi connectivity index (χ0n) is 12.2. The molecule has 0 atom stereocenters. The van der Waals surface area contributed by atoms with Gasteiger partial charge in [-0.3, -0.25) is 0 Å². The van der Waals surface area contributed by atoms with Crippen molar-refractivity contribution in [2.24, 2.45) is 0 Å². The van der Waals surface area contributed by atoms with Gasteiger partial charge >= 0.3 is 6.03 Å². The number of rotatable bonds is 6. The van der Waals surface area contributed by atoms with E-state index in [4.69, 9.17) is 5.73 Å². The van der Waals surface area contributed by atoms with Crippen LogP contribution < -0.4 is 5.73 Å². The van der Waals surface area contributed by atoms with E-state index in [-0.39, 0.29) is 6.03 Å². The molecule has 0 aliphatic carbocycles. The van der Waals surface area contributed by atoms with Crippen molar-refractivity contribution in [2.45, 2.75) is 33.7 Å². The molecular weight excluding hydrogens is 238 g/mol. The Balaban J connectivity index is 2.80. The number of urea groups is 1. The molecule has 106 valence electrons. The third-order valence-corrected chi connectivity index (χ3v) is 3.12. The van der Waals surface area contributed by atoms with E-state index in [1.165, 1.54) is 0 Å². The molecule has 0 bridgehead atoms. The van der Waals surface area contributed by atoms with Gasteiger partial charge in [-0.05, 0) is 38.0 Å². The molecule has 0 aliphatic heterocycles. The van der Waals surface area contributed by atoms with E-state index in [1.54, 1.807) is 0 Å². The van der Waals surface area contributed by atoms with E-state index in [2.05, 4.69) is 6.92 Å². The van der Waals surface area contributed by atoms with Gasteiger partial charge in [0.1, 0.15) is 0 Å². The van der Waals surface area contributed by atoms with Crippen molar-refractivity contribution in [1.29, 1.82) is 0 Å². The Labute approximate surface area is 116 Å². The molecule has 0 saturated heterocycles. The summed E-state index contributed by atoms with van der Waals surface area (Å²) >= 11 is 0. The minimum atomic E-state index is 0.106. The average molecular weight is 263 g/mol. The molecule has 0 aromatic heterocycles. The maximum absolute atomic E-state index is 12.4. The van der Waals surface area contributed by atoms with E-state index in [0.717, 1.165) is 37.3 Å². The average Bonchev–Trinajstić information content (AvgIpc) is 2.39. The van der Waals surface area contributed by atoms with Crippen LogP contribution in [-0.4, -0.2) is 35.5 Å². The van der Waals surface area contributed by atoms with Crippen LogP contribution in [0.25, 0.3) is 0 Å². The van der Waals surface area contributed by atoms with Crippen LogP contribution in [-0.2, 0) is 6.54 Å². The molecule has 1 rings (SSSR count). The van der Waals surface area contributed by atoms with Gasteiger partial charge in [0.15, 0.2) is 0 Å². The van der Waals surface area contributed by atoms with Crippen molar-refractivity contribution < 1.29 is 4.79 Å². The number of amides is 2. The number of carbonyl (C=O) groups is 1. The van der Waals surface area contributed by atoms with Crippen molar-refractivity contribution in [2.75, 3.05) is 25.4 Å². The van der Waals surface area contributed by atoms with Crippen molar-refractivity contribution in [3.8, 4) is 0 Å². The van der Waals surface area contributed by atoms with Crippen LogP contribution in [0, 0.1) is 0 Å². The molecule has 0 saturated carbocycles. The van der Waals surface area contributed by atoms with Crippen molar-refractivity contribution in [3.63, 3.8) is 0 Å². The first kappa shape index (κ1) is 15.3. The van der Waals surface area contributed by atoms with Gasteiger partial charge < -0.3 is 15.5 Å². The van der Waals surface area contributed by atoms with E-state index < -0.39 is 0 Å². The Bertz CT molecular complexity index is 402. The summed E-state index contributed by atoms with van der Waals surface area (Å²) in [6, 6.07) is 7.83. The van der Waals surface area contributed by atoms with Crippen LogP contribution in [0.1, 0.15) is 32.8 Å². The maximum atomic E-state index is 12.4. The first-order chi connectivity index (χ1) is 9.12. The minimum absolute atomic E-state index is 0.106. The van der Waals surface area contributed by atoms with E-state index in [1.807, 2.05) is 47.9 Å². The summed E-state index contributed by atoms with van der Waals surface area (Å²) in [5.41, 5.74) is 7.60. The third-order valence-electron chi connectivity index (χ3n) is 3.12. The molecular formula is C15H25N3O. The second-order valence-corrected chi connectivity index (χ2v) is 4.62. The van der Waals surface area contributed by atoms with Gasteiger partial charge in [-0.25, -0.2) is 4.79 Å². The van der Waals surface area contributed by atoms with Gasteiger partial charge in [0.05, 0.1) is 0 Å². The molecule has 0 fully saturated rings. The van der Waals surface area contributed by atoms with Gasteiger partial charge in [-0.1, -0.05) is 19.1 Å². The quantitative estimate of drug-likeness (QED) is 0.802. The molecule has 2 amide bonds. The van der Waals surface area contributed by atoms with Crippen LogP contribution in [0.3, 0.4) is 0 Å². The number of nitrogens with two attached hydrogens (primary N) is 1. The highest BCUT2D eigenvalue weighted by atomic mass is 16.2. The van der Waals surface area contributed by atoms with E-state index >= 15 is 0 Å². The number of hydrogen-bond acceptors (Lipinski definition) is 2. The fraction of sp³-hybridized carbons (Fsp3) is 0.533. The molecule has 0 radical (unpaired) electrons. The first-order valence-electron chi connectivity index (χ1n) is 7.00. The number of nitrogens with zero attached hydrogens (tertiary/aromatic N) is 2. The third kappa shape index (κ3) is 4.47. The van der Waals surface area contributed by atoms with Crippen LogP contribution in [0.15, 0.2) is 24.3 Å². The molecule has 0 unspecified atom stereocenters. The molecule has 19 heavy (non-hydrogen) atoms. The molecule has 2 N–H and O–H groups in total. The van der Waals surface area contributed by atoms with E-state index in [0.29, 0.717) is 6.54 Å². The monoisotopic (exact) mass is 263 g/mol. The summed E-state index contributed by atoms with van der Waals surface area (Å²) in [4.78, 5) is 16.1. The van der Waals surface area contributed by atoms with Crippen molar-refractivity contribution in [3.05, 3.63) is 29.8 Å². The molecule has 1 aromatic carbocycles. The highest BCUT2D eigenvalue weighted by Gasteiger charge is 2.18. The molecule has 4 heteroatoms. The topological polar surface area (TPSA) is 49.6 Å². The predicted octanol–water partition coefficient (Wildman–Crippen LogP) is 2.94. The highest BCUT2D eigenvalue weighted by Crippen LogP contribution is 2.11. The zero-order valence-corrected chi connectivity index (χ0v) is 12.2. The Kier molecular flexibility index (Phi) is 6.19. The van der Waals surface area contributed by atoms with Crippen LogP contribution in [0.5, 0.6) is 0 Å².